The summed E-state index contributed by atoms with van der Waals surface area (Å²) in [5.41, 5.74) is 0.201. The molecule has 1 aromatic rings. The van der Waals surface area contributed by atoms with Gasteiger partial charge in [0.25, 0.3) is 5.91 Å². The number of nitrogens with zero attached hydrogens (tertiary/aromatic N) is 1. The van der Waals surface area contributed by atoms with Crippen LogP contribution in [-0.4, -0.2) is 37.1 Å². The molecule has 0 aromatic heterocycles. The van der Waals surface area contributed by atoms with E-state index in [0.717, 1.165) is 19.4 Å². The molecule has 1 heterocycles. The fraction of sp³-hybridized carbons (Fsp3) is 0.462. The molecule has 1 unspecified atom stereocenters. The van der Waals surface area contributed by atoms with Crippen LogP contribution in [-0.2, 0) is 0 Å². The normalized spacial score (nSPS) is 17.8. The Hall–Kier alpha value is -2.15. The number of hydrogen-bond acceptors (Lipinski definition) is 5. The summed E-state index contributed by atoms with van der Waals surface area (Å²) in [6, 6.07) is 4.40. The molecule has 1 atom stereocenters. The first-order valence-corrected chi connectivity index (χ1v) is 6.46. The van der Waals surface area contributed by atoms with E-state index in [1.165, 1.54) is 25.3 Å². The zero-order valence-electron chi connectivity index (χ0n) is 11.2. The molecule has 108 valence electrons. The molecule has 7 heteroatoms. The molecule has 2 rings (SSSR count). The second-order valence-electron chi connectivity index (χ2n) is 4.65. The number of rotatable bonds is 5. The third-order valence-corrected chi connectivity index (χ3v) is 3.31. The van der Waals surface area contributed by atoms with Crippen molar-refractivity contribution in [3.63, 3.8) is 0 Å². The number of nitro groups is 1. The highest BCUT2D eigenvalue weighted by Crippen LogP contribution is 2.27. The zero-order chi connectivity index (χ0) is 14.5. The average Bonchev–Trinajstić information content (AvgIpc) is 2.97. The third-order valence-electron chi connectivity index (χ3n) is 3.31. The van der Waals surface area contributed by atoms with E-state index in [4.69, 9.17) is 4.74 Å². The molecular weight excluding hydrogens is 262 g/mol. The molecule has 7 nitrogen and oxygen atoms in total. The van der Waals surface area contributed by atoms with Gasteiger partial charge in [0.1, 0.15) is 0 Å². The molecule has 2 N–H and O–H groups in total. The number of methoxy groups -OCH3 is 1. The van der Waals surface area contributed by atoms with Gasteiger partial charge >= 0.3 is 5.69 Å². The highest BCUT2D eigenvalue weighted by Gasteiger charge is 2.19. The van der Waals surface area contributed by atoms with E-state index in [9.17, 15) is 14.9 Å². The molecule has 0 radical (unpaired) electrons. The van der Waals surface area contributed by atoms with Crippen LogP contribution in [0.2, 0.25) is 0 Å². The van der Waals surface area contributed by atoms with Gasteiger partial charge < -0.3 is 15.4 Å². The minimum Gasteiger partial charge on any atom is -0.490 e. The van der Waals surface area contributed by atoms with Crippen LogP contribution in [0.5, 0.6) is 5.75 Å². The molecule has 20 heavy (non-hydrogen) atoms. The largest absolute Gasteiger partial charge is 0.490 e. The molecule has 1 aromatic carbocycles. The van der Waals surface area contributed by atoms with Crippen molar-refractivity contribution >= 4 is 11.6 Å². The van der Waals surface area contributed by atoms with Crippen LogP contribution in [0.3, 0.4) is 0 Å². The number of carbonyl (C=O) groups excluding carboxylic acids is 1. The summed E-state index contributed by atoms with van der Waals surface area (Å²) >= 11 is 0. The summed E-state index contributed by atoms with van der Waals surface area (Å²) < 4.78 is 4.94. The standard InChI is InChI=1S/C13H17N3O4/c1-20-12-7-9(4-5-11(12)16(18)19)13(17)15-8-10-3-2-6-14-10/h4-5,7,10,14H,2-3,6,8H2,1H3,(H,15,17). The lowest BCUT2D eigenvalue weighted by molar-refractivity contribution is -0.385. The fourth-order valence-corrected chi connectivity index (χ4v) is 2.22. The van der Waals surface area contributed by atoms with Crippen molar-refractivity contribution < 1.29 is 14.5 Å². The summed E-state index contributed by atoms with van der Waals surface area (Å²) in [7, 11) is 1.34. The lowest BCUT2D eigenvalue weighted by atomic mass is 10.1. The van der Waals surface area contributed by atoms with Gasteiger partial charge in [0.05, 0.1) is 12.0 Å². The number of carbonyl (C=O) groups is 1. The number of hydrogen-bond donors (Lipinski definition) is 2. The van der Waals surface area contributed by atoms with Gasteiger partial charge in [-0.1, -0.05) is 0 Å². The predicted octanol–water partition coefficient (Wildman–Crippen LogP) is 1.09. The van der Waals surface area contributed by atoms with Crippen LogP contribution in [0.15, 0.2) is 18.2 Å². The Morgan fingerprint density at radius 1 is 1.60 bits per heavy atom. The number of ether oxygens (including phenoxy) is 1. The van der Waals surface area contributed by atoms with Crippen molar-refractivity contribution in [3.8, 4) is 5.75 Å². The zero-order valence-corrected chi connectivity index (χ0v) is 11.2. The third kappa shape index (κ3) is 3.24. The SMILES string of the molecule is COc1cc(C(=O)NCC2CCCN2)ccc1[N+](=O)[O-]. The smallest absolute Gasteiger partial charge is 0.310 e. The van der Waals surface area contributed by atoms with Gasteiger partial charge in [-0.05, 0) is 25.5 Å². The molecule has 0 aliphatic carbocycles. The second-order valence-corrected chi connectivity index (χ2v) is 4.65. The molecule has 0 bridgehead atoms. The highest BCUT2D eigenvalue weighted by molar-refractivity contribution is 5.95. The van der Waals surface area contributed by atoms with E-state index in [1.807, 2.05) is 0 Å². The first-order chi connectivity index (χ1) is 9.61. The van der Waals surface area contributed by atoms with E-state index in [2.05, 4.69) is 10.6 Å². The highest BCUT2D eigenvalue weighted by atomic mass is 16.6. The van der Waals surface area contributed by atoms with Crippen LogP contribution in [0.4, 0.5) is 5.69 Å². The number of nitrogens with one attached hydrogen (secondary N) is 2. The number of amides is 1. The van der Waals surface area contributed by atoms with Crippen molar-refractivity contribution in [3.05, 3.63) is 33.9 Å². The minimum absolute atomic E-state index is 0.0849. The van der Waals surface area contributed by atoms with E-state index < -0.39 is 4.92 Å². The summed E-state index contributed by atoms with van der Waals surface area (Å²) in [5.74, 6) is -0.173. The fourth-order valence-electron chi connectivity index (χ4n) is 2.22. The lowest BCUT2D eigenvalue weighted by Gasteiger charge is -2.11. The van der Waals surface area contributed by atoms with Gasteiger partial charge in [-0.2, -0.15) is 0 Å². The topological polar surface area (TPSA) is 93.5 Å². The monoisotopic (exact) mass is 279 g/mol. The Kier molecular flexibility index (Phi) is 4.52. The van der Waals surface area contributed by atoms with Crippen molar-refractivity contribution in [2.45, 2.75) is 18.9 Å². The first kappa shape index (κ1) is 14.3. The molecule has 1 aliphatic heterocycles. The lowest BCUT2D eigenvalue weighted by Crippen LogP contribution is -2.37. The molecule has 1 aliphatic rings. The van der Waals surface area contributed by atoms with E-state index in [1.54, 1.807) is 0 Å². The van der Waals surface area contributed by atoms with Crippen LogP contribution in [0.25, 0.3) is 0 Å². The number of nitro benzene ring substituents is 1. The maximum absolute atomic E-state index is 12.0. The van der Waals surface area contributed by atoms with Gasteiger partial charge in [0.2, 0.25) is 0 Å². The maximum Gasteiger partial charge on any atom is 0.310 e. The Labute approximate surface area is 116 Å². The summed E-state index contributed by atoms with van der Waals surface area (Å²) in [4.78, 5) is 22.2. The Balaban J connectivity index is 2.03. The van der Waals surface area contributed by atoms with Crippen molar-refractivity contribution in [1.29, 1.82) is 0 Å². The molecule has 0 saturated carbocycles. The molecule has 1 fully saturated rings. The van der Waals surface area contributed by atoms with Crippen LogP contribution in [0, 0.1) is 10.1 Å². The summed E-state index contributed by atoms with van der Waals surface area (Å²) in [5, 5.41) is 16.9. The van der Waals surface area contributed by atoms with E-state index in [-0.39, 0.29) is 17.3 Å². The predicted molar refractivity (Wildman–Crippen MR) is 73.0 cm³/mol. The van der Waals surface area contributed by atoms with Gasteiger partial charge in [0, 0.05) is 30.3 Å². The quantitative estimate of drug-likeness (QED) is 0.621. The Bertz CT molecular complexity index is 512. The maximum atomic E-state index is 12.0. The molecule has 1 saturated heterocycles. The molecule has 0 spiro atoms. The summed E-state index contributed by atoms with van der Waals surface area (Å²) in [6.45, 7) is 1.53. The van der Waals surface area contributed by atoms with Gasteiger partial charge in [-0.25, -0.2) is 0 Å². The van der Waals surface area contributed by atoms with Gasteiger partial charge in [-0.3, -0.25) is 14.9 Å². The first-order valence-electron chi connectivity index (χ1n) is 6.46. The van der Waals surface area contributed by atoms with Crippen molar-refractivity contribution in [2.75, 3.05) is 20.2 Å². The molecular formula is C13H17N3O4. The summed E-state index contributed by atoms with van der Waals surface area (Å²) in [6.07, 6.45) is 2.16. The van der Waals surface area contributed by atoms with E-state index >= 15 is 0 Å². The van der Waals surface area contributed by atoms with Gasteiger partial charge in [0.15, 0.2) is 5.75 Å². The van der Waals surface area contributed by atoms with Crippen LogP contribution in [0.1, 0.15) is 23.2 Å². The van der Waals surface area contributed by atoms with Crippen LogP contribution < -0.4 is 15.4 Å². The average molecular weight is 279 g/mol. The van der Waals surface area contributed by atoms with Crippen molar-refractivity contribution in [2.24, 2.45) is 0 Å². The van der Waals surface area contributed by atoms with Crippen molar-refractivity contribution in [1.82, 2.24) is 10.6 Å². The van der Waals surface area contributed by atoms with Crippen LogP contribution >= 0.6 is 0 Å². The number of benzene rings is 1. The Morgan fingerprint density at radius 3 is 3.00 bits per heavy atom. The Morgan fingerprint density at radius 2 is 2.40 bits per heavy atom. The van der Waals surface area contributed by atoms with Gasteiger partial charge in [-0.15, -0.1) is 0 Å². The van der Waals surface area contributed by atoms with E-state index in [0.29, 0.717) is 18.2 Å². The minimum atomic E-state index is -0.539. The second kappa shape index (κ2) is 6.33. The molecule has 1 amide bonds.